The minimum Gasteiger partial charge on any atom is -0.507 e. The van der Waals surface area contributed by atoms with Gasteiger partial charge in [-0.05, 0) is 30.2 Å². The van der Waals surface area contributed by atoms with Crippen molar-refractivity contribution in [3.05, 3.63) is 58.2 Å². The first-order valence-corrected chi connectivity index (χ1v) is 8.81. The zero-order valence-corrected chi connectivity index (χ0v) is 14.7. The number of hydrogen-bond donors (Lipinski definition) is 3. The van der Waals surface area contributed by atoms with Gasteiger partial charge in [-0.3, -0.25) is 9.89 Å². The number of benzene rings is 2. The van der Waals surface area contributed by atoms with Crippen LogP contribution in [0.4, 0.5) is 0 Å². The molecule has 1 saturated heterocycles. The minimum absolute atomic E-state index is 0.0955. The molecule has 1 aromatic heterocycles. The van der Waals surface area contributed by atoms with Crippen molar-refractivity contribution in [3.63, 3.8) is 0 Å². The number of halogens is 1. The van der Waals surface area contributed by atoms with Crippen molar-refractivity contribution in [1.29, 1.82) is 0 Å². The molecule has 0 saturated carbocycles. The Hall–Kier alpha value is -2.57. The number of aliphatic hydroxyl groups excluding tert-OH is 1. The molecule has 0 spiro atoms. The van der Waals surface area contributed by atoms with Crippen LogP contribution in [0, 0.1) is 0 Å². The molecule has 26 heavy (non-hydrogen) atoms. The van der Waals surface area contributed by atoms with Gasteiger partial charge in [-0.2, -0.15) is 5.10 Å². The highest BCUT2D eigenvalue weighted by molar-refractivity contribution is 6.30. The number of phenols is 1. The summed E-state index contributed by atoms with van der Waals surface area (Å²) >= 11 is 6.04. The molecular weight excluding hydrogens is 354 g/mol. The molecule has 3 aromatic rings. The molecule has 4 rings (SSSR count). The number of carbonyl (C=O) groups is 1. The van der Waals surface area contributed by atoms with Crippen LogP contribution in [-0.4, -0.2) is 50.4 Å². The van der Waals surface area contributed by atoms with Crippen LogP contribution in [0.1, 0.15) is 28.0 Å². The Morgan fingerprint density at radius 2 is 2.19 bits per heavy atom. The van der Waals surface area contributed by atoms with Crippen molar-refractivity contribution in [2.75, 3.05) is 13.1 Å². The van der Waals surface area contributed by atoms with E-state index in [1.807, 2.05) is 24.3 Å². The summed E-state index contributed by atoms with van der Waals surface area (Å²) in [6.07, 6.45) is 0.610. The average molecular weight is 372 g/mol. The van der Waals surface area contributed by atoms with Crippen molar-refractivity contribution in [2.45, 2.75) is 18.9 Å². The summed E-state index contributed by atoms with van der Waals surface area (Å²) in [7, 11) is 0. The van der Waals surface area contributed by atoms with Gasteiger partial charge in [0.15, 0.2) is 0 Å². The highest BCUT2D eigenvalue weighted by Gasteiger charge is 2.27. The lowest BCUT2D eigenvalue weighted by Gasteiger charge is -2.16. The summed E-state index contributed by atoms with van der Waals surface area (Å²) in [4.78, 5) is 14.3. The van der Waals surface area contributed by atoms with Gasteiger partial charge in [0.2, 0.25) is 0 Å². The molecule has 1 fully saturated rings. The molecule has 1 atom stereocenters. The lowest BCUT2D eigenvalue weighted by molar-refractivity contribution is 0.0762. The fourth-order valence-corrected chi connectivity index (χ4v) is 3.56. The summed E-state index contributed by atoms with van der Waals surface area (Å²) in [5.74, 6) is -0.377. The van der Waals surface area contributed by atoms with E-state index in [-0.39, 0.29) is 23.8 Å². The van der Waals surface area contributed by atoms with Crippen molar-refractivity contribution < 1.29 is 15.0 Å². The fraction of sp³-hybridized carbons (Fsp3) is 0.263. The number of phenolic OH excluding ortho intramolecular Hbond substituents is 1. The molecule has 2 aromatic carbocycles. The second-order valence-electron chi connectivity index (χ2n) is 6.59. The number of aliphatic hydroxyl groups is 1. The second-order valence-corrected chi connectivity index (χ2v) is 7.02. The quantitative estimate of drug-likeness (QED) is 0.660. The van der Waals surface area contributed by atoms with Gasteiger partial charge in [0, 0.05) is 36.0 Å². The van der Waals surface area contributed by atoms with E-state index in [9.17, 15) is 15.0 Å². The molecular formula is C19H18ClN3O3. The monoisotopic (exact) mass is 371 g/mol. The van der Waals surface area contributed by atoms with E-state index in [1.165, 1.54) is 6.07 Å². The van der Waals surface area contributed by atoms with Gasteiger partial charge >= 0.3 is 0 Å². The lowest BCUT2D eigenvalue weighted by atomic mass is 10.0. The number of likely N-dealkylation sites (tertiary alicyclic amines) is 1. The molecule has 134 valence electrons. The first-order chi connectivity index (χ1) is 12.5. The highest BCUT2D eigenvalue weighted by atomic mass is 35.5. The second kappa shape index (κ2) is 6.63. The van der Waals surface area contributed by atoms with Crippen molar-refractivity contribution in [3.8, 4) is 5.75 Å². The predicted octanol–water partition coefficient (Wildman–Crippen LogP) is 2.72. The summed E-state index contributed by atoms with van der Waals surface area (Å²) in [5.41, 5.74) is 2.67. The van der Waals surface area contributed by atoms with Crippen LogP contribution in [0.25, 0.3) is 10.9 Å². The third-order valence-electron chi connectivity index (χ3n) is 4.70. The number of rotatable bonds is 3. The van der Waals surface area contributed by atoms with E-state index < -0.39 is 6.10 Å². The van der Waals surface area contributed by atoms with E-state index in [4.69, 9.17) is 11.6 Å². The third kappa shape index (κ3) is 3.13. The number of hydrogen-bond acceptors (Lipinski definition) is 4. The Kier molecular flexibility index (Phi) is 4.30. The molecule has 1 amide bonds. The Labute approximate surface area is 155 Å². The molecule has 2 heterocycles. The summed E-state index contributed by atoms with van der Waals surface area (Å²) in [6, 6.07) is 10.7. The summed E-state index contributed by atoms with van der Waals surface area (Å²) < 4.78 is 0. The third-order valence-corrected chi connectivity index (χ3v) is 4.93. The number of carbonyl (C=O) groups excluding carboxylic acids is 1. The van der Waals surface area contributed by atoms with E-state index in [0.29, 0.717) is 29.9 Å². The van der Waals surface area contributed by atoms with Gasteiger partial charge < -0.3 is 15.1 Å². The highest BCUT2D eigenvalue weighted by Crippen LogP contribution is 2.29. The standard InChI is InChI=1S/C19H18ClN3O3/c20-12-3-1-2-11(6-12)7-16-14-8-15(18(25)9-17(14)22-21-16)19(26)23-5-4-13(24)10-23/h1-3,6,8-9,13,24-25H,4-5,7,10H2,(H,21,22). The lowest BCUT2D eigenvalue weighted by Crippen LogP contribution is -2.29. The van der Waals surface area contributed by atoms with E-state index >= 15 is 0 Å². The Morgan fingerprint density at radius 3 is 2.92 bits per heavy atom. The van der Waals surface area contributed by atoms with E-state index in [0.717, 1.165) is 16.6 Å². The molecule has 0 aliphatic carbocycles. The van der Waals surface area contributed by atoms with Crippen LogP contribution >= 0.6 is 11.6 Å². The number of nitrogens with one attached hydrogen (secondary N) is 1. The maximum absolute atomic E-state index is 12.7. The first-order valence-electron chi connectivity index (χ1n) is 8.43. The van der Waals surface area contributed by atoms with Crippen LogP contribution in [0.5, 0.6) is 5.75 Å². The number of amides is 1. The zero-order valence-electron chi connectivity index (χ0n) is 13.9. The topological polar surface area (TPSA) is 89.5 Å². The average Bonchev–Trinajstić information content (AvgIpc) is 3.20. The normalized spacial score (nSPS) is 17.2. The molecule has 7 heteroatoms. The molecule has 0 radical (unpaired) electrons. The van der Waals surface area contributed by atoms with Gasteiger partial charge in [0.25, 0.3) is 5.91 Å². The van der Waals surface area contributed by atoms with Crippen LogP contribution in [0.2, 0.25) is 5.02 Å². The van der Waals surface area contributed by atoms with Crippen molar-refractivity contribution in [2.24, 2.45) is 0 Å². The van der Waals surface area contributed by atoms with Crippen LogP contribution in [-0.2, 0) is 6.42 Å². The van der Waals surface area contributed by atoms with Crippen molar-refractivity contribution in [1.82, 2.24) is 15.1 Å². The molecule has 1 aliphatic rings. The van der Waals surface area contributed by atoms with Gasteiger partial charge in [0.1, 0.15) is 5.75 Å². The smallest absolute Gasteiger partial charge is 0.257 e. The number of β-amino-alcohol motifs (C(OH)–C–C–N with tert-alkyl or cyclic N) is 1. The van der Waals surface area contributed by atoms with Crippen molar-refractivity contribution >= 4 is 28.4 Å². The number of H-pyrrole nitrogens is 1. The number of aromatic hydroxyl groups is 1. The minimum atomic E-state index is -0.503. The van der Waals surface area contributed by atoms with Crippen LogP contribution in [0.3, 0.4) is 0 Å². The summed E-state index contributed by atoms with van der Waals surface area (Å²) in [5, 5.41) is 28.6. The van der Waals surface area contributed by atoms with E-state index in [2.05, 4.69) is 10.2 Å². The van der Waals surface area contributed by atoms with Gasteiger partial charge in [-0.1, -0.05) is 23.7 Å². The van der Waals surface area contributed by atoms with Gasteiger partial charge in [-0.25, -0.2) is 0 Å². The molecule has 1 unspecified atom stereocenters. The largest absolute Gasteiger partial charge is 0.507 e. The molecule has 6 nitrogen and oxygen atoms in total. The van der Waals surface area contributed by atoms with E-state index in [1.54, 1.807) is 11.0 Å². The van der Waals surface area contributed by atoms with Gasteiger partial charge in [-0.15, -0.1) is 0 Å². The maximum Gasteiger partial charge on any atom is 0.257 e. The van der Waals surface area contributed by atoms with Crippen LogP contribution in [0.15, 0.2) is 36.4 Å². The molecule has 3 N–H and O–H groups in total. The predicted molar refractivity (Wildman–Crippen MR) is 98.5 cm³/mol. The van der Waals surface area contributed by atoms with Crippen LogP contribution < -0.4 is 0 Å². The first kappa shape index (κ1) is 16.9. The zero-order chi connectivity index (χ0) is 18.3. The van der Waals surface area contributed by atoms with Gasteiger partial charge in [0.05, 0.1) is 22.9 Å². The Bertz CT molecular complexity index is 985. The number of aromatic nitrogens is 2. The molecule has 1 aliphatic heterocycles. The maximum atomic E-state index is 12.7. The summed E-state index contributed by atoms with van der Waals surface area (Å²) in [6.45, 7) is 0.773. The number of fused-ring (bicyclic) bond motifs is 1. The SMILES string of the molecule is O=C(c1cc2c(Cc3cccc(Cl)c3)n[nH]c2cc1O)N1CCC(O)C1. The Balaban J connectivity index is 1.69. The number of aromatic amines is 1. The molecule has 0 bridgehead atoms. The number of nitrogens with zero attached hydrogens (tertiary/aromatic N) is 2. The fourth-order valence-electron chi connectivity index (χ4n) is 3.35. The Morgan fingerprint density at radius 1 is 1.35 bits per heavy atom.